The zero-order chi connectivity index (χ0) is 14.7. The van der Waals surface area contributed by atoms with E-state index in [2.05, 4.69) is 0 Å². The van der Waals surface area contributed by atoms with E-state index in [-0.39, 0.29) is 18.0 Å². The van der Waals surface area contributed by atoms with Gasteiger partial charge < -0.3 is 9.84 Å². The summed E-state index contributed by atoms with van der Waals surface area (Å²) in [6.07, 6.45) is 0. The minimum Gasteiger partial charge on any atom is -0.454 e. The number of aliphatic hydroxyl groups is 1. The van der Waals surface area contributed by atoms with Gasteiger partial charge >= 0.3 is 0 Å². The molecule has 104 valence electrons. The Balaban J connectivity index is 2.29. The number of halogens is 1. The first-order valence-electron chi connectivity index (χ1n) is 5.83. The van der Waals surface area contributed by atoms with Crippen molar-refractivity contribution in [3.63, 3.8) is 0 Å². The van der Waals surface area contributed by atoms with Crippen molar-refractivity contribution < 1.29 is 19.2 Å². The number of ether oxygens (including phenoxy) is 1. The largest absolute Gasteiger partial charge is 0.454 e. The summed E-state index contributed by atoms with van der Waals surface area (Å²) in [6, 6.07) is 8.58. The van der Waals surface area contributed by atoms with Crippen molar-refractivity contribution in [2.24, 2.45) is 0 Å². The van der Waals surface area contributed by atoms with Gasteiger partial charge in [-0.2, -0.15) is 0 Å². The first-order chi connectivity index (χ1) is 9.51. The molecule has 0 aromatic heterocycles. The Morgan fingerprint density at radius 2 is 1.95 bits per heavy atom. The monoisotopic (exact) mass is 277 g/mol. The van der Waals surface area contributed by atoms with Gasteiger partial charge in [0, 0.05) is 5.56 Å². The third-order valence-electron chi connectivity index (χ3n) is 2.78. The van der Waals surface area contributed by atoms with Gasteiger partial charge in [0.05, 0.1) is 17.6 Å². The van der Waals surface area contributed by atoms with E-state index in [9.17, 15) is 14.5 Å². The van der Waals surface area contributed by atoms with E-state index in [1.165, 1.54) is 13.0 Å². The molecule has 0 atom stereocenters. The molecule has 0 aliphatic heterocycles. The molecule has 0 aliphatic carbocycles. The van der Waals surface area contributed by atoms with Crippen molar-refractivity contribution in [3.8, 4) is 11.5 Å². The fourth-order valence-corrected chi connectivity index (χ4v) is 1.71. The zero-order valence-corrected chi connectivity index (χ0v) is 10.7. The van der Waals surface area contributed by atoms with Crippen LogP contribution in [-0.4, -0.2) is 10.0 Å². The minimum atomic E-state index is -0.798. The third-order valence-corrected chi connectivity index (χ3v) is 2.78. The summed E-state index contributed by atoms with van der Waals surface area (Å²) in [5.74, 6) is -0.493. The van der Waals surface area contributed by atoms with E-state index < -0.39 is 10.7 Å². The quantitative estimate of drug-likeness (QED) is 0.687. The van der Waals surface area contributed by atoms with Crippen LogP contribution in [0.25, 0.3) is 0 Å². The van der Waals surface area contributed by atoms with Gasteiger partial charge in [-0.15, -0.1) is 0 Å². The Hall–Kier alpha value is -2.47. The maximum absolute atomic E-state index is 13.8. The molecule has 6 heteroatoms. The van der Waals surface area contributed by atoms with Crippen molar-refractivity contribution in [1.82, 2.24) is 0 Å². The first-order valence-corrected chi connectivity index (χ1v) is 5.83. The number of hydrogen-bond donors (Lipinski definition) is 1. The Morgan fingerprint density at radius 3 is 2.50 bits per heavy atom. The van der Waals surface area contributed by atoms with E-state index in [0.29, 0.717) is 16.9 Å². The highest BCUT2D eigenvalue weighted by Crippen LogP contribution is 2.30. The lowest BCUT2D eigenvalue weighted by atomic mass is 10.2. The Bertz CT molecular complexity index is 640. The Labute approximate surface area is 114 Å². The molecular weight excluding hydrogens is 265 g/mol. The summed E-state index contributed by atoms with van der Waals surface area (Å²) in [5.41, 5.74) is 0.738. The van der Waals surface area contributed by atoms with E-state index in [0.717, 1.165) is 6.07 Å². The van der Waals surface area contributed by atoms with Gasteiger partial charge in [0.25, 0.3) is 5.69 Å². The van der Waals surface area contributed by atoms with Crippen molar-refractivity contribution in [2.75, 3.05) is 0 Å². The van der Waals surface area contributed by atoms with Crippen LogP contribution in [0.3, 0.4) is 0 Å². The second-order valence-corrected chi connectivity index (χ2v) is 4.23. The molecule has 0 radical (unpaired) electrons. The fourth-order valence-electron chi connectivity index (χ4n) is 1.71. The molecule has 1 N–H and O–H groups in total. The topological polar surface area (TPSA) is 72.6 Å². The minimum absolute atomic E-state index is 0.0788. The number of nitro benzene ring substituents is 1. The van der Waals surface area contributed by atoms with Gasteiger partial charge in [-0.25, -0.2) is 4.39 Å². The van der Waals surface area contributed by atoms with Gasteiger partial charge in [0.15, 0.2) is 11.6 Å². The molecular formula is C14H12FNO4. The van der Waals surface area contributed by atoms with E-state index >= 15 is 0 Å². The molecule has 5 nitrogen and oxygen atoms in total. The molecule has 20 heavy (non-hydrogen) atoms. The van der Waals surface area contributed by atoms with Crippen LogP contribution in [0.4, 0.5) is 10.1 Å². The highest BCUT2D eigenvalue weighted by molar-refractivity contribution is 5.46. The van der Waals surface area contributed by atoms with Gasteiger partial charge in [0.2, 0.25) is 0 Å². The number of aliphatic hydroxyl groups excluding tert-OH is 1. The lowest BCUT2D eigenvalue weighted by molar-refractivity contribution is -0.385. The molecule has 2 aromatic rings. The van der Waals surface area contributed by atoms with Gasteiger partial charge in [-0.1, -0.05) is 12.1 Å². The van der Waals surface area contributed by atoms with Gasteiger partial charge in [-0.3, -0.25) is 10.1 Å². The molecule has 0 aliphatic rings. The molecule has 0 fully saturated rings. The highest BCUT2D eigenvalue weighted by Gasteiger charge is 2.16. The Kier molecular flexibility index (Phi) is 3.95. The summed E-state index contributed by atoms with van der Waals surface area (Å²) in [4.78, 5) is 10.0. The van der Waals surface area contributed by atoms with Crippen LogP contribution in [0.2, 0.25) is 0 Å². The van der Waals surface area contributed by atoms with Crippen molar-refractivity contribution in [1.29, 1.82) is 0 Å². The highest BCUT2D eigenvalue weighted by atomic mass is 19.1. The van der Waals surface area contributed by atoms with Crippen LogP contribution in [-0.2, 0) is 6.61 Å². The summed E-state index contributed by atoms with van der Waals surface area (Å²) in [7, 11) is 0. The standard InChI is InChI=1S/C14H12FNO4/c1-9-6-14(12(15)7-13(9)16(18)19)20-11-4-2-10(8-17)3-5-11/h2-7,17H,8H2,1H3. The van der Waals surface area contributed by atoms with Crippen LogP contribution in [0.1, 0.15) is 11.1 Å². The first kappa shape index (κ1) is 14.0. The predicted octanol–water partition coefficient (Wildman–Crippen LogP) is 3.33. The molecule has 2 rings (SSSR count). The fraction of sp³-hybridized carbons (Fsp3) is 0.143. The SMILES string of the molecule is Cc1cc(Oc2ccc(CO)cc2)c(F)cc1[N+](=O)[O-]. The molecule has 0 spiro atoms. The predicted molar refractivity (Wildman–Crippen MR) is 70.2 cm³/mol. The van der Waals surface area contributed by atoms with E-state index in [1.807, 2.05) is 0 Å². The number of benzene rings is 2. The summed E-state index contributed by atoms with van der Waals surface area (Å²) in [5, 5.41) is 19.6. The average molecular weight is 277 g/mol. The third kappa shape index (κ3) is 2.92. The number of aryl methyl sites for hydroxylation is 1. The molecule has 0 heterocycles. The lowest BCUT2D eigenvalue weighted by Crippen LogP contribution is -1.96. The normalized spacial score (nSPS) is 10.3. The number of hydrogen-bond acceptors (Lipinski definition) is 4. The van der Waals surface area contributed by atoms with Crippen LogP contribution >= 0.6 is 0 Å². The van der Waals surface area contributed by atoms with E-state index in [1.54, 1.807) is 24.3 Å². The smallest absolute Gasteiger partial charge is 0.275 e. The summed E-state index contributed by atoms with van der Waals surface area (Å²) < 4.78 is 19.1. The maximum Gasteiger partial charge on any atom is 0.275 e. The van der Waals surface area contributed by atoms with Crippen LogP contribution in [0, 0.1) is 22.9 Å². The van der Waals surface area contributed by atoms with Crippen molar-refractivity contribution >= 4 is 5.69 Å². The number of rotatable bonds is 4. The summed E-state index contributed by atoms with van der Waals surface area (Å²) in [6.45, 7) is 1.42. The zero-order valence-electron chi connectivity index (χ0n) is 10.7. The van der Waals surface area contributed by atoms with Crippen LogP contribution in [0.15, 0.2) is 36.4 Å². The molecule has 0 unspecified atom stereocenters. The van der Waals surface area contributed by atoms with Crippen molar-refractivity contribution in [3.05, 3.63) is 63.5 Å². The van der Waals surface area contributed by atoms with Crippen LogP contribution in [0.5, 0.6) is 11.5 Å². The maximum atomic E-state index is 13.8. The summed E-state index contributed by atoms with van der Waals surface area (Å²) >= 11 is 0. The molecule has 2 aromatic carbocycles. The number of nitrogens with zero attached hydrogens (tertiary/aromatic N) is 1. The second-order valence-electron chi connectivity index (χ2n) is 4.23. The average Bonchev–Trinajstić information content (AvgIpc) is 2.43. The number of nitro groups is 1. The molecule has 0 bridgehead atoms. The Morgan fingerprint density at radius 1 is 1.30 bits per heavy atom. The van der Waals surface area contributed by atoms with Crippen molar-refractivity contribution in [2.45, 2.75) is 13.5 Å². The van der Waals surface area contributed by atoms with Crippen LogP contribution < -0.4 is 4.74 Å². The molecule has 0 saturated heterocycles. The lowest BCUT2D eigenvalue weighted by Gasteiger charge is -2.08. The molecule has 0 amide bonds. The van der Waals surface area contributed by atoms with Gasteiger partial charge in [0.1, 0.15) is 5.75 Å². The van der Waals surface area contributed by atoms with E-state index in [4.69, 9.17) is 9.84 Å². The second kappa shape index (κ2) is 5.66. The molecule has 0 saturated carbocycles. The van der Waals surface area contributed by atoms with Gasteiger partial charge in [-0.05, 0) is 30.7 Å².